The van der Waals surface area contributed by atoms with Crippen LogP contribution in [0.4, 0.5) is 5.69 Å². The Hall–Kier alpha value is -1.15. The molecule has 0 saturated carbocycles. The Morgan fingerprint density at radius 3 is 2.62 bits per heavy atom. The van der Waals surface area contributed by atoms with Crippen LogP contribution in [0.3, 0.4) is 0 Å². The molecule has 6 heteroatoms. The molecule has 1 aromatic rings. The molecule has 1 aliphatic rings. The summed E-state index contributed by atoms with van der Waals surface area (Å²) in [5, 5.41) is 2.94. The highest BCUT2D eigenvalue weighted by Crippen LogP contribution is 2.19. The molecule has 0 unspecified atom stereocenters. The molecule has 5 nitrogen and oxygen atoms in total. The molecular weight excluding hydrogens is 381 g/mol. The Morgan fingerprint density at radius 2 is 2.05 bits per heavy atom. The van der Waals surface area contributed by atoms with E-state index in [1.165, 1.54) is 0 Å². The van der Waals surface area contributed by atoms with Crippen molar-refractivity contribution in [1.29, 1.82) is 0 Å². The van der Waals surface area contributed by atoms with Crippen LogP contribution >= 0.6 is 22.6 Å². The second kappa shape index (κ2) is 7.22. The van der Waals surface area contributed by atoms with Crippen LogP contribution in [-0.4, -0.2) is 36.3 Å². The first-order valence-electron chi connectivity index (χ1n) is 7.03. The van der Waals surface area contributed by atoms with Crippen molar-refractivity contribution in [2.75, 3.05) is 25.0 Å². The van der Waals surface area contributed by atoms with Crippen LogP contribution in [0.15, 0.2) is 18.2 Å². The third-order valence-corrected chi connectivity index (χ3v) is 4.49. The van der Waals surface area contributed by atoms with Gasteiger partial charge in [0.05, 0.1) is 6.54 Å². The van der Waals surface area contributed by atoms with E-state index < -0.39 is 0 Å². The van der Waals surface area contributed by atoms with E-state index in [2.05, 4.69) is 32.8 Å². The molecule has 114 valence electrons. The molecule has 0 radical (unpaired) electrons. The number of carbonyl (C=O) groups excluding carboxylic acids is 2. The van der Waals surface area contributed by atoms with Crippen LogP contribution < -0.4 is 11.1 Å². The number of hydrogen-bond acceptors (Lipinski definition) is 3. The lowest BCUT2D eigenvalue weighted by molar-refractivity contribution is -0.123. The molecule has 0 aromatic heterocycles. The minimum Gasteiger partial charge on any atom is -0.369 e. The monoisotopic (exact) mass is 401 g/mol. The summed E-state index contributed by atoms with van der Waals surface area (Å²) in [5.41, 5.74) is 7.22. The highest BCUT2D eigenvalue weighted by atomic mass is 127. The van der Waals surface area contributed by atoms with E-state index in [0.29, 0.717) is 6.54 Å². The van der Waals surface area contributed by atoms with Gasteiger partial charge in [-0.3, -0.25) is 14.5 Å². The average molecular weight is 401 g/mol. The zero-order valence-corrected chi connectivity index (χ0v) is 14.2. The zero-order chi connectivity index (χ0) is 15.4. The van der Waals surface area contributed by atoms with Crippen molar-refractivity contribution >= 4 is 40.1 Å². The highest BCUT2D eigenvalue weighted by molar-refractivity contribution is 14.1. The number of piperidine rings is 1. The Labute approximate surface area is 138 Å². The van der Waals surface area contributed by atoms with E-state index in [1.54, 1.807) is 0 Å². The molecule has 1 aromatic carbocycles. The van der Waals surface area contributed by atoms with Gasteiger partial charge in [-0.15, -0.1) is 0 Å². The van der Waals surface area contributed by atoms with Crippen molar-refractivity contribution in [2.24, 2.45) is 11.7 Å². The second-order valence-electron chi connectivity index (χ2n) is 5.46. The Morgan fingerprint density at radius 1 is 1.38 bits per heavy atom. The fourth-order valence-corrected chi connectivity index (χ4v) is 3.18. The SMILES string of the molecule is Cc1cc(I)ccc1NC(=O)CN1CCC(C(N)=O)CC1. The lowest BCUT2D eigenvalue weighted by Gasteiger charge is -2.29. The molecule has 0 bridgehead atoms. The Kier molecular flexibility index (Phi) is 5.58. The summed E-state index contributed by atoms with van der Waals surface area (Å²) in [6.07, 6.45) is 1.48. The van der Waals surface area contributed by atoms with Crippen molar-refractivity contribution in [2.45, 2.75) is 19.8 Å². The normalized spacial score (nSPS) is 16.7. The van der Waals surface area contributed by atoms with E-state index >= 15 is 0 Å². The zero-order valence-electron chi connectivity index (χ0n) is 12.1. The van der Waals surface area contributed by atoms with E-state index in [9.17, 15) is 9.59 Å². The summed E-state index contributed by atoms with van der Waals surface area (Å²) in [6.45, 7) is 3.83. The lowest BCUT2D eigenvalue weighted by atomic mass is 9.96. The first kappa shape index (κ1) is 16.2. The molecule has 2 amide bonds. The number of amides is 2. The summed E-state index contributed by atoms with van der Waals surface area (Å²) in [4.78, 5) is 25.3. The highest BCUT2D eigenvalue weighted by Gasteiger charge is 2.24. The van der Waals surface area contributed by atoms with Crippen molar-refractivity contribution in [3.63, 3.8) is 0 Å². The van der Waals surface area contributed by atoms with Crippen molar-refractivity contribution in [3.05, 3.63) is 27.3 Å². The van der Waals surface area contributed by atoms with Gasteiger partial charge in [0.1, 0.15) is 0 Å². The number of benzene rings is 1. The molecule has 1 heterocycles. The molecular formula is C15H20IN3O2. The lowest BCUT2D eigenvalue weighted by Crippen LogP contribution is -2.42. The molecule has 21 heavy (non-hydrogen) atoms. The number of anilines is 1. The quantitative estimate of drug-likeness (QED) is 0.755. The first-order chi connectivity index (χ1) is 9.95. The molecule has 3 N–H and O–H groups in total. The Balaban J connectivity index is 1.84. The molecule has 1 fully saturated rings. The number of likely N-dealkylation sites (tertiary alicyclic amines) is 1. The van der Waals surface area contributed by atoms with E-state index in [4.69, 9.17) is 5.73 Å². The van der Waals surface area contributed by atoms with Crippen molar-refractivity contribution in [1.82, 2.24) is 4.90 Å². The van der Waals surface area contributed by atoms with Crippen LogP contribution in [0.25, 0.3) is 0 Å². The minimum atomic E-state index is -0.228. The maximum absolute atomic E-state index is 12.1. The number of nitrogens with two attached hydrogens (primary N) is 1. The maximum atomic E-state index is 12.1. The van der Waals surface area contributed by atoms with Gasteiger partial charge >= 0.3 is 0 Å². The van der Waals surface area contributed by atoms with E-state index in [0.717, 1.165) is 40.8 Å². The van der Waals surface area contributed by atoms with Gasteiger partial charge in [-0.25, -0.2) is 0 Å². The molecule has 2 rings (SSSR count). The molecule has 0 aliphatic carbocycles. The predicted molar refractivity (Wildman–Crippen MR) is 90.9 cm³/mol. The van der Waals surface area contributed by atoms with Crippen LogP contribution in [0, 0.1) is 16.4 Å². The first-order valence-corrected chi connectivity index (χ1v) is 8.11. The van der Waals surface area contributed by atoms with E-state index in [1.807, 2.05) is 25.1 Å². The fourth-order valence-electron chi connectivity index (χ4n) is 2.54. The number of aryl methyl sites for hydroxylation is 1. The Bertz CT molecular complexity index is 540. The maximum Gasteiger partial charge on any atom is 0.238 e. The molecule has 0 atom stereocenters. The number of carbonyl (C=O) groups is 2. The summed E-state index contributed by atoms with van der Waals surface area (Å²) in [6, 6.07) is 5.93. The second-order valence-corrected chi connectivity index (χ2v) is 6.71. The number of rotatable bonds is 4. The van der Waals surface area contributed by atoms with Gasteiger partial charge in [0.15, 0.2) is 0 Å². The van der Waals surface area contributed by atoms with Crippen LogP contribution in [-0.2, 0) is 9.59 Å². The van der Waals surface area contributed by atoms with Crippen LogP contribution in [0.1, 0.15) is 18.4 Å². The van der Waals surface area contributed by atoms with Crippen LogP contribution in [0.2, 0.25) is 0 Å². The summed E-state index contributed by atoms with van der Waals surface area (Å²) >= 11 is 2.25. The van der Waals surface area contributed by atoms with Crippen LogP contribution in [0.5, 0.6) is 0 Å². The van der Waals surface area contributed by atoms with Gasteiger partial charge in [0.2, 0.25) is 11.8 Å². The summed E-state index contributed by atoms with van der Waals surface area (Å²) < 4.78 is 1.15. The number of hydrogen-bond donors (Lipinski definition) is 2. The van der Waals surface area contributed by atoms with Gasteiger partial charge in [-0.2, -0.15) is 0 Å². The molecule has 1 aliphatic heterocycles. The number of halogens is 1. The summed E-state index contributed by atoms with van der Waals surface area (Å²) in [7, 11) is 0. The third kappa shape index (κ3) is 4.67. The number of nitrogens with zero attached hydrogens (tertiary/aromatic N) is 1. The third-order valence-electron chi connectivity index (χ3n) is 3.82. The minimum absolute atomic E-state index is 0.0168. The standard InChI is InChI=1S/C15H20IN3O2/c1-10-8-12(16)2-3-13(10)18-14(20)9-19-6-4-11(5-7-19)15(17)21/h2-3,8,11H,4-7,9H2,1H3,(H2,17,21)(H,18,20). The number of nitrogens with one attached hydrogen (secondary N) is 1. The summed E-state index contributed by atoms with van der Waals surface area (Å²) in [5.74, 6) is -0.284. The fraction of sp³-hybridized carbons (Fsp3) is 0.467. The number of primary amides is 1. The topological polar surface area (TPSA) is 75.4 Å². The average Bonchev–Trinajstić information content (AvgIpc) is 2.42. The smallest absolute Gasteiger partial charge is 0.238 e. The van der Waals surface area contributed by atoms with E-state index in [-0.39, 0.29) is 17.7 Å². The largest absolute Gasteiger partial charge is 0.369 e. The molecule has 1 saturated heterocycles. The molecule has 0 spiro atoms. The van der Waals surface area contributed by atoms with Gasteiger partial charge < -0.3 is 11.1 Å². The predicted octanol–water partition coefficient (Wildman–Crippen LogP) is 1.74. The van der Waals surface area contributed by atoms with Gasteiger partial charge in [-0.1, -0.05) is 0 Å². The van der Waals surface area contributed by atoms with Crippen molar-refractivity contribution in [3.8, 4) is 0 Å². The van der Waals surface area contributed by atoms with Gasteiger partial charge in [0, 0.05) is 15.2 Å². The van der Waals surface area contributed by atoms with Crippen molar-refractivity contribution < 1.29 is 9.59 Å². The van der Waals surface area contributed by atoms with Gasteiger partial charge in [0.25, 0.3) is 0 Å². The van der Waals surface area contributed by atoms with Gasteiger partial charge in [-0.05, 0) is 79.2 Å².